The smallest absolute Gasteiger partial charge is 0.257 e. The van der Waals surface area contributed by atoms with E-state index in [4.69, 9.17) is 17.0 Å². The minimum Gasteiger partial charge on any atom is -0.506 e. The van der Waals surface area contributed by atoms with Crippen LogP contribution < -0.4 is 15.4 Å². The molecular formula is C16H14Br2N2O3S. The first kappa shape index (κ1) is 18.7. The van der Waals surface area contributed by atoms with Gasteiger partial charge in [-0.1, -0.05) is 0 Å². The average Bonchev–Trinajstić information content (AvgIpc) is 2.52. The summed E-state index contributed by atoms with van der Waals surface area (Å²) >= 11 is 11.7. The Hall–Kier alpha value is -1.64. The number of carbonyl (C=O) groups excluding carboxylic acids is 1. The molecule has 0 heterocycles. The van der Waals surface area contributed by atoms with Crippen LogP contribution in [0.2, 0.25) is 0 Å². The van der Waals surface area contributed by atoms with E-state index in [1.165, 1.54) is 0 Å². The first-order chi connectivity index (χ1) is 11.3. The van der Waals surface area contributed by atoms with Gasteiger partial charge >= 0.3 is 0 Å². The molecule has 0 fully saturated rings. The summed E-state index contributed by atoms with van der Waals surface area (Å²) in [5.41, 5.74) is 1.77. The van der Waals surface area contributed by atoms with Crippen molar-refractivity contribution in [2.45, 2.75) is 6.92 Å². The topological polar surface area (TPSA) is 70.6 Å². The lowest BCUT2D eigenvalue weighted by molar-refractivity contribution is 0.0977. The number of aromatic hydroxyl groups is 1. The summed E-state index contributed by atoms with van der Waals surface area (Å²) in [7, 11) is 1.55. The molecule has 0 aliphatic carbocycles. The number of amides is 1. The van der Waals surface area contributed by atoms with Crippen molar-refractivity contribution < 1.29 is 14.6 Å². The van der Waals surface area contributed by atoms with Crippen LogP contribution in [0.15, 0.2) is 39.3 Å². The number of nitrogens with one attached hydrogen (secondary N) is 2. The first-order valence-corrected chi connectivity index (χ1v) is 8.76. The Bertz CT molecular complexity index is 789. The van der Waals surface area contributed by atoms with Crippen molar-refractivity contribution in [1.29, 1.82) is 0 Å². The van der Waals surface area contributed by atoms with Gasteiger partial charge in [0, 0.05) is 11.3 Å². The second kappa shape index (κ2) is 7.96. The molecule has 8 heteroatoms. The average molecular weight is 474 g/mol. The van der Waals surface area contributed by atoms with Crippen LogP contribution in [0, 0.1) is 6.92 Å². The number of aryl methyl sites for hydroxylation is 1. The Morgan fingerprint density at radius 1 is 1.21 bits per heavy atom. The SMILES string of the molecule is COc1ccc(C(=O)NC(=S)Nc2cc(C)c(O)c(Br)c2)cc1Br. The largest absolute Gasteiger partial charge is 0.506 e. The predicted octanol–water partition coefficient (Wildman–Crippen LogP) is 4.36. The van der Waals surface area contributed by atoms with Crippen LogP contribution in [0.5, 0.6) is 11.5 Å². The monoisotopic (exact) mass is 472 g/mol. The first-order valence-electron chi connectivity index (χ1n) is 6.76. The molecular weight excluding hydrogens is 460 g/mol. The van der Waals surface area contributed by atoms with Crippen LogP contribution in [-0.2, 0) is 0 Å². The zero-order valence-electron chi connectivity index (χ0n) is 12.8. The van der Waals surface area contributed by atoms with Crippen LogP contribution in [0.1, 0.15) is 15.9 Å². The van der Waals surface area contributed by atoms with Gasteiger partial charge in [-0.05, 0) is 86.9 Å². The van der Waals surface area contributed by atoms with Crippen molar-refractivity contribution in [3.05, 3.63) is 50.4 Å². The highest BCUT2D eigenvalue weighted by atomic mass is 79.9. The van der Waals surface area contributed by atoms with Crippen molar-refractivity contribution >= 4 is 60.8 Å². The van der Waals surface area contributed by atoms with Crippen molar-refractivity contribution in [2.75, 3.05) is 12.4 Å². The number of phenolic OH excluding ortho intramolecular Hbond substituents is 1. The highest BCUT2D eigenvalue weighted by molar-refractivity contribution is 9.10. The highest BCUT2D eigenvalue weighted by Gasteiger charge is 2.11. The molecule has 0 radical (unpaired) electrons. The lowest BCUT2D eigenvalue weighted by atomic mass is 10.2. The van der Waals surface area contributed by atoms with E-state index >= 15 is 0 Å². The molecule has 1 amide bonds. The number of thiocarbonyl (C=S) groups is 1. The molecule has 126 valence electrons. The van der Waals surface area contributed by atoms with E-state index in [0.717, 1.165) is 0 Å². The second-order valence-corrected chi connectivity index (χ2v) is 7.00. The number of hydrogen-bond donors (Lipinski definition) is 3. The molecule has 3 N–H and O–H groups in total. The van der Waals surface area contributed by atoms with Gasteiger partial charge in [-0.25, -0.2) is 0 Å². The van der Waals surface area contributed by atoms with E-state index < -0.39 is 0 Å². The number of anilines is 1. The third-order valence-corrected chi connectivity index (χ3v) is 4.58. The maximum atomic E-state index is 12.2. The Kier molecular flexibility index (Phi) is 6.20. The van der Waals surface area contributed by atoms with Gasteiger partial charge in [-0.15, -0.1) is 0 Å². The van der Waals surface area contributed by atoms with Gasteiger partial charge in [-0.3, -0.25) is 10.1 Å². The summed E-state index contributed by atoms with van der Waals surface area (Å²) < 4.78 is 6.35. The summed E-state index contributed by atoms with van der Waals surface area (Å²) in [6.07, 6.45) is 0. The minimum atomic E-state index is -0.342. The summed E-state index contributed by atoms with van der Waals surface area (Å²) in [5.74, 6) is 0.459. The van der Waals surface area contributed by atoms with Crippen molar-refractivity contribution in [3.8, 4) is 11.5 Å². The maximum Gasteiger partial charge on any atom is 0.257 e. The molecule has 0 saturated carbocycles. The molecule has 5 nitrogen and oxygen atoms in total. The van der Waals surface area contributed by atoms with E-state index in [0.29, 0.717) is 31.5 Å². The van der Waals surface area contributed by atoms with Gasteiger partial charge in [0.05, 0.1) is 16.1 Å². The number of rotatable bonds is 3. The van der Waals surface area contributed by atoms with Gasteiger partial charge in [0.25, 0.3) is 5.91 Å². The fourth-order valence-corrected chi connectivity index (χ4v) is 3.26. The normalized spacial score (nSPS) is 10.2. The molecule has 0 aromatic heterocycles. The lowest BCUT2D eigenvalue weighted by Crippen LogP contribution is -2.34. The molecule has 2 aromatic rings. The summed E-state index contributed by atoms with van der Waals surface area (Å²) in [5, 5.41) is 15.4. The van der Waals surface area contributed by atoms with Crippen LogP contribution >= 0.6 is 44.1 Å². The van der Waals surface area contributed by atoms with E-state index in [1.807, 2.05) is 0 Å². The van der Waals surface area contributed by atoms with Gasteiger partial charge in [0.2, 0.25) is 0 Å². The molecule has 0 aliphatic heterocycles. The zero-order valence-corrected chi connectivity index (χ0v) is 16.8. The van der Waals surface area contributed by atoms with E-state index in [-0.39, 0.29) is 16.8 Å². The third kappa shape index (κ3) is 4.46. The Morgan fingerprint density at radius 3 is 2.50 bits per heavy atom. The van der Waals surface area contributed by atoms with E-state index in [2.05, 4.69) is 42.5 Å². The van der Waals surface area contributed by atoms with Crippen LogP contribution in [0.3, 0.4) is 0 Å². The van der Waals surface area contributed by atoms with Gasteiger partial charge in [-0.2, -0.15) is 0 Å². The summed E-state index contributed by atoms with van der Waals surface area (Å²) in [6, 6.07) is 8.38. The van der Waals surface area contributed by atoms with Crippen LogP contribution in [-0.4, -0.2) is 23.2 Å². The zero-order chi connectivity index (χ0) is 17.9. The standard InChI is InChI=1S/C16H14Br2N2O3S/c1-8-5-10(7-12(18)14(8)21)19-16(24)20-15(22)9-3-4-13(23-2)11(17)6-9/h3-7,21H,1-2H3,(H2,19,20,22,24). The molecule has 2 aromatic carbocycles. The molecule has 0 atom stereocenters. The number of halogens is 2. The Morgan fingerprint density at radius 2 is 1.92 bits per heavy atom. The van der Waals surface area contributed by atoms with Crippen molar-refractivity contribution in [2.24, 2.45) is 0 Å². The van der Waals surface area contributed by atoms with Crippen molar-refractivity contribution in [3.63, 3.8) is 0 Å². The van der Waals surface area contributed by atoms with Gasteiger partial charge < -0.3 is 15.2 Å². The number of benzene rings is 2. The lowest BCUT2D eigenvalue weighted by Gasteiger charge is -2.12. The summed E-state index contributed by atoms with van der Waals surface area (Å²) in [6.45, 7) is 1.77. The Labute approximate surface area is 161 Å². The third-order valence-electron chi connectivity index (χ3n) is 3.15. The van der Waals surface area contributed by atoms with Crippen LogP contribution in [0.25, 0.3) is 0 Å². The molecule has 24 heavy (non-hydrogen) atoms. The van der Waals surface area contributed by atoms with Gasteiger partial charge in [0.15, 0.2) is 5.11 Å². The van der Waals surface area contributed by atoms with E-state index in [1.54, 1.807) is 44.4 Å². The number of hydrogen-bond acceptors (Lipinski definition) is 4. The molecule has 0 spiro atoms. The molecule has 2 rings (SSSR count). The van der Waals surface area contributed by atoms with Gasteiger partial charge in [0.1, 0.15) is 11.5 Å². The number of phenols is 1. The molecule has 0 unspecified atom stereocenters. The van der Waals surface area contributed by atoms with Crippen molar-refractivity contribution in [1.82, 2.24) is 5.32 Å². The minimum absolute atomic E-state index is 0.156. The fraction of sp³-hybridized carbons (Fsp3) is 0.125. The van der Waals surface area contributed by atoms with Crippen LogP contribution in [0.4, 0.5) is 5.69 Å². The number of methoxy groups -OCH3 is 1. The summed E-state index contributed by atoms with van der Waals surface area (Å²) in [4.78, 5) is 12.2. The molecule has 0 saturated heterocycles. The Balaban J connectivity index is 2.07. The fourth-order valence-electron chi connectivity index (χ4n) is 1.95. The quantitative estimate of drug-likeness (QED) is 0.456. The van der Waals surface area contributed by atoms with E-state index in [9.17, 15) is 9.90 Å². The maximum absolute atomic E-state index is 12.2. The molecule has 0 bridgehead atoms. The number of carbonyl (C=O) groups is 1. The second-order valence-electron chi connectivity index (χ2n) is 4.88. The molecule has 0 aliphatic rings. The number of ether oxygens (including phenoxy) is 1. The highest BCUT2D eigenvalue weighted by Crippen LogP contribution is 2.31. The predicted molar refractivity (Wildman–Crippen MR) is 105 cm³/mol.